The van der Waals surface area contributed by atoms with E-state index < -0.39 is 59.5 Å². The average molecular weight is 795 g/mol. The molecule has 300 valence electrons. The molecule has 5 rings (SSSR count). The second kappa shape index (κ2) is 18.0. The Bertz CT molecular complexity index is 1760. The molecule has 3 heterocycles. The number of ether oxygens (including phenoxy) is 1. The van der Waals surface area contributed by atoms with Gasteiger partial charge in [0.25, 0.3) is 0 Å². The van der Waals surface area contributed by atoms with Crippen LogP contribution >= 0.6 is 23.1 Å². The number of thiophene rings is 1. The monoisotopic (exact) mass is 794 g/mol. The number of nitrogens with one attached hydrogen (secondary N) is 1. The predicted molar refractivity (Wildman–Crippen MR) is 219 cm³/mol. The van der Waals surface area contributed by atoms with Crippen LogP contribution in [0.3, 0.4) is 0 Å². The normalized spacial score (nSPS) is 32.3. The van der Waals surface area contributed by atoms with Crippen molar-refractivity contribution >= 4 is 41.1 Å². The number of aliphatic hydroxyl groups excluding tert-OH is 3. The lowest BCUT2D eigenvalue weighted by Gasteiger charge is -2.43. The van der Waals surface area contributed by atoms with Gasteiger partial charge in [-0.05, 0) is 82.7 Å². The van der Waals surface area contributed by atoms with E-state index in [1.165, 1.54) is 46.6 Å². The Morgan fingerprint density at radius 3 is 2.27 bits per heavy atom. The summed E-state index contributed by atoms with van der Waals surface area (Å²) in [4.78, 5) is 32.7. The third-order valence-corrected chi connectivity index (χ3v) is 13.7. The van der Waals surface area contributed by atoms with Crippen molar-refractivity contribution in [2.45, 2.75) is 119 Å². The molecule has 1 unspecified atom stereocenters. The summed E-state index contributed by atoms with van der Waals surface area (Å²) in [5.74, 6) is -3.11. The molecule has 0 bridgehead atoms. The van der Waals surface area contributed by atoms with Crippen molar-refractivity contribution in [1.82, 2.24) is 10.2 Å². The van der Waals surface area contributed by atoms with Gasteiger partial charge in [-0.2, -0.15) is 0 Å². The topological polar surface area (TPSA) is 160 Å². The van der Waals surface area contributed by atoms with Crippen LogP contribution in [-0.2, 0) is 14.3 Å². The number of hydrogen-bond donors (Lipinski definition) is 6. The van der Waals surface area contributed by atoms with Gasteiger partial charge in [-0.1, -0.05) is 68.9 Å². The number of esters is 1. The fourth-order valence-corrected chi connectivity index (χ4v) is 10.4. The Hall–Kier alpha value is -3.07. The number of carbonyl (C=O) groups is 2. The Balaban J connectivity index is 1.28. The molecule has 6 N–H and O–H groups in total. The molecular weight excluding hydrogens is 737 g/mol. The Labute approximate surface area is 333 Å². The van der Waals surface area contributed by atoms with E-state index in [4.69, 9.17) is 4.74 Å². The third kappa shape index (κ3) is 9.73. The minimum Gasteiger partial charge on any atom is -0.459 e. The van der Waals surface area contributed by atoms with Crippen LogP contribution in [0.15, 0.2) is 70.5 Å². The zero-order chi connectivity index (χ0) is 40.2. The Morgan fingerprint density at radius 2 is 1.60 bits per heavy atom. The summed E-state index contributed by atoms with van der Waals surface area (Å²) in [7, 11) is 0. The molecule has 10 atom stereocenters. The van der Waals surface area contributed by atoms with Gasteiger partial charge >= 0.3 is 5.97 Å². The molecule has 2 aromatic carbocycles. The molecule has 1 aromatic heterocycles. The Morgan fingerprint density at radius 1 is 0.964 bits per heavy atom. The smallest absolute Gasteiger partial charge is 0.311 e. The molecule has 55 heavy (non-hydrogen) atoms. The maximum atomic E-state index is 13.2. The highest BCUT2D eigenvalue weighted by Gasteiger charge is 2.47. The van der Waals surface area contributed by atoms with Gasteiger partial charge in [-0.25, -0.2) is 0 Å². The van der Waals surface area contributed by atoms with E-state index in [0.29, 0.717) is 26.1 Å². The first-order valence-electron chi connectivity index (χ1n) is 19.4. The second-order valence-electron chi connectivity index (χ2n) is 16.0. The van der Waals surface area contributed by atoms with Crippen molar-refractivity contribution in [3.63, 3.8) is 0 Å². The fraction of sp³-hybridized carbons (Fsp3) is 0.535. The van der Waals surface area contributed by atoms with Crippen molar-refractivity contribution in [3.8, 4) is 21.6 Å². The van der Waals surface area contributed by atoms with Crippen molar-refractivity contribution < 1.29 is 39.9 Å². The van der Waals surface area contributed by atoms with Crippen molar-refractivity contribution in [2.24, 2.45) is 17.8 Å². The van der Waals surface area contributed by atoms with Gasteiger partial charge < -0.3 is 35.6 Å². The number of benzene rings is 2. The number of aliphatic hydroxyl groups is 5. The lowest BCUT2D eigenvalue weighted by Crippen LogP contribution is -2.59. The number of fused-ring (bicyclic) bond motifs is 5. The zero-order valence-corrected chi connectivity index (χ0v) is 34.6. The van der Waals surface area contributed by atoms with Crippen LogP contribution in [0.1, 0.15) is 72.6 Å². The first-order valence-corrected chi connectivity index (χ1v) is 21.0. The standard InChI is InChI=1S/C43H58N2O8S2/c1-8-35-43(7,52)40(49)28(5)45(24-25(2)23-42(6,51)39(48)26(3)37(47)27(4)41(50)53-35)21-13-20-44-36(46)19-18-29-22-32-30-14-9-11-16-33(30)55-34-17-12-10-15-31(34)38(32)54-29/h9-12,14-19,22,25-28,35,37,39-40,47-49,51-52H,8,13,20-21,23-24H2,1-7H3,(H,44,46)/b19-18+/t25-,26+,27-,28?,35-,37+,39-,40-,42-,43-/m1/s1. The molecule has 0 aliphatic carbocycles. The fourth-order valence-electron chi connectivity index (χ4n) is 8.08. The number of hydrogen-bond acceptors (Lipinski definition) is 11. The molecule has 2 aliphatic heterocycles. The number of cyclic esters (lactones) is 1. The van der Waals surface area contributed by atoms with E-state index in [-0.39, 0.29) is 24.7 Å². The lowest BCUT2D eigenvalue weighted by molar-refractivity contribution is -0.193. The van der Waals surface area contributed by atoms with Crippen molar-refractivity contribution in [3.05, 3.63) is 65.6 Å². The van der Waals surface area contributed by atoms with Gasteiger partial charge in [-0.15, -0.1) is 11.3 Å². The highest BCUT2D eigenvalue weighted by atomic mass is 32.2. The second-order valence-corrected chi connectivity index (χ2v) is 18.1. The molecule has 3 aromatic rings. The molecule has 10 nitrogen and oxygen atoms in total. The highest BCUT2D eigenvalue weighted by Crippen LogP contribution is 2.51. The van der Waals surface area contributed by atoms with Crippen LogP contribution in [-0.4, -0.2) is 104 Å². The quantitative estimate of drug-likeness (QED) is 0.0748. The molecule has 1 fully saturated rings. The van der Waals surface area contributed by atoms with Crippen molar-refractivity contribution in [2.75, 3.05) is 19.6 Å². The van der Waals surface area contributed by atoms with E-state index in [9.17, 15) is 35.1 Å². The number of carbonyl (C=O) groups excluding carboxylic acids is 2. The SMILES string of the molecule is CC[C@H]1OC(=O)[C@H](C)[C@@H](O)[C@H](C)[C@@H](O)[C@](C)(O)C[C@@H](C)CN(CCCNC(=O)/C=C/c2cc3c(s2)-c2ccccc2Sc2ccccc2-3)C(C)[C@@H](O)[C@]1(C)O. The number of amides is 1. The molecule has 1 saturated heterocycles. The van der Waals surface area contributed by atoms with Gasteiger partial charge in [0.05, 0.1) is 23.7 Å². The van der Waals surface area contributed by atoms with Crippen LogP contribution in [0.25, 0.3) is 27.6 Å². The molecule has 0 spiro atoms. The van der Waals surface area contributed by atoms with Gasteiger partial charge in [0.2, 0.25) is 5.91 Å². The molecule has 0 saturated carbocycles. The van der Waals surface area contributed by atoms with E-state index >= 15 is 0 Å². The van der Waals surface area contributed by atoms with E-state index in [2.05, 4.69) is 47.8 Å². The summed E-state index contributed by atoms with van der Waals surface area (Å²) in [6, 6.07) is 18.3. The van der Waals surface area contributed by atoms with Gasteiger partial charge in [0.15, 0.2) is 0 Å². The van der Waals surface area contributed by atoms with Gasteiger partial charge in [0.1, 0.15) is 17.8 Å². The molecule has 12 heteroatoms. The minimum atomic E-state index is -1.84. The maximum absolute atomic E-state index is 13.2. The van der Waals surface area contributed by atoms with Crippen LogP contribution in [0, 0.1) is 17.8 Å². The first kappa shape index (κ1) is 43.1. The predicted octanol–water partition coefficient (Wildman–Crippen LogP) is 5.98. The highest BCUT2D eigenvalue weighted by molar-refractivity contribution is 7.99. The summed E-state index contributed by atoms with van der Waals surface area (Å²) in [6.45, 7) is 12.7. The summed E-state index contributed by atoms with van der Waals surface area (Å²) < 4.78 is 5.70. The van der Waals surface area contributed by atoms with Crippen LogP contribution in [0.2, 0.25) is 0 Å². The maximum Gasteiger partial charge on any atom is 0.311 e. The van der Waals surface area contributed by atoms with Crippen LogP contribution < -0.4 is 5.32 Å². The van der Waals surface area contributed by atoms with E-state index in [1.807, 2.05) is 30.0 Å². The van der Waals surface area contributed by atoms with Crippen molar-refractivity contribution in [1.29, 1.82) is 0 Å². The van der Waals surface area contributed by atoms with E-state index in [0.717, 1.165) is 10.4 Å². The summed E-state index contributed by atoms with van der Waals surface area (Å²) in [5, 5.41) is 59.9. The van der Waals surface area contributed by atoms with Gasteiger partial charge in [0, 0.05) is 68.3 Å². The third-order valence-electron chi connectivity index (χ3n) is 11.4. The largest absolute Gasteiger partial charge is 0.459 e. The number of nitrogens with zero attached hydrogens (tertiary/aromatic N) is 1. The molecular formula is C43H58N2O8S2. The van der Waals surface area contributed by atoms with Crippen LogP contribution in [0.5, 0.6) is 0 Å². The first-order chi connectivity index (χ1) is 26.0. The van der Waals surface area contributed by atoms with Crippen LogP contribution in [0.4, 0.5) is 0 Å². The molecule has 2 aliphatic rings. The average Bonchev–Trinajstić information content (AvgIpc) is 3.53. The van der Waals surface area contributed by atoms with Gasteiger partial charge in [-0.3, -0.25) is 14.5 Å². The Kier molecular flexibility index (Phi) is 14.1. The molecule has 1 amide bonds. The molecule has 0 radical (unpaired) electrons. The van der Waals surface area contributed by atoms with E-state index in [1.54, 1.807) is 49.9 Å². The summed E-state index contributed by atoms with van der Waals surface area (Å²) >= 11 is 3.42. The summed E-state index contributed by atoms with van der Waals surface area (Å²) in [6.07, 6.45) is -0.792. The minimum absolute atomic E-state index is 0.168. The lowest BCUT2D eigenvalue weighted by atomic mass is 9.78. The summed E-state index contributed by atoms with van der Waals surface area (Å²) in [5.41, 5.74) is 0.0691. The zero-order valence-electron chi connectivity index (χ0n) is 32.9. The number of rotatable bonds is 7.